The third kappa shape index (κ3) is 4.33. The van der Waals surface area contributed by atoms with Gasteiger partial charge in [0.1, 0.15) is 6.54 Å². The van der Waals surface area contributed by atoms with Crippen molar-refractivity contribution in [2.75, 3.05) is 18.4 Å². The number of carbonyl (C=O) groups excluding carboxylic acids is 2. The number of rotatable bonds is 6. The Morgan fingerprint density at radius 2 is 1.96 bits per heavy atom. The fourth-order valence-electron chi connectivity index (χ4n) is 3.35. The van der Waals surface area contributed by atoms with Crippen LogP contribution in [0.2, 0.25) is 0 Å². The number of aryl methyl sites for hydroxylation is 3. The summed E-state index contributed by atoms with van der Waals surface area (Å²) in [6.07, 6.45) is 5.39. The lowest BCUT2D eigenvalue weighted by Gasteiger charge is -2.21. The smallest absolute Gasteiger partial charge is 0.264 e. The maximum absolute atomic E-state index is 13.0. The number of anilines is 1. The van der Waals surface area contributed by atoms with Crippen molar-refractivity contribution in [2.24, 2.45) is 0 Å². The van der Waals surface area contributed by atoms with E-state index in [-0.39, 0.29) is 18.4 Å². The van der Waals surface area contributed by atoms with Crippen LogP contribution in [0.15, 0.2) is 30.3 Å². The SMILES string of the molecule is CCCN(CC(=O)Nc1ccccc1C)C(=O)c1cc2c(s1)CCCC2. The second kappa shape index (κ2) is 8.49. The molecule has 2 aromatic rings. The average molecular weight is 371 g/mol. The molecule has 0 aliphatic heterocycles. The molecule has 26 heavy (non-hydrogen) atoms. The largest absolute Gasteiger partial charge is 0.329 e. The zero-order valence-electron chi connectivity index (χ0n) is 15.5. The van der Waals surface area contributed by atoms with E-state index in [1.54, 1.807) is 16.2 Å². The lowest BCUT2D eigenvalue weighted by molar-refractivity contribution is -0.116. The molecule has 0 atom stereocenters. The summed E-state index contributed by atoms with van der Waals surface area (Å²) in [6, 6.07) is 9.72. The lowest BCUT2D eigenvalue weighted by atomic mass is 9.99. The summed E-state index contributed by atoms with van der Waals surface area (Å²) in [5, 5.41) is 2.92. The standard InChI is InChI=1S/C21H26N2O2S/c1-3-12-23(14-20(24)22-17-10-6-4-8-15(17)2)21(25)19-13-16-9-5-7-11-18(16)26-19/h4,6,8,10,13H,3,5,7,9,11-12,14H2,1-2H3,(H,22,24). The van der Waals surface area contributed by atoms with E-state index >= 15 is 0 Å². The number of amides is 2. The van der Waals surface area contributed by atoms with Crippen molar-refractivity contribution in [1.82, 2.24) is 4.90 Å². The van der Waals surface area contributed by atoms with Crippen molar-refractivity contribution in [3.63, 3.8) is 0 Å². The minimum atomic E-state index is -0.151. The molecule has 138 valence electrons. The molecule has 1 aromatic heterocycles. The molecule has 1 heterocycles. The van der Waals surface area contributed by atoms with Crippen LogP contribution in [0.3, 0.4) is 0 Å². The molecule has 0 saturated heterocycles. The van der Waals surface area contributed by atoms with Gasteiger partial charge in [0.25, 0.3) is 5.91 Å². The van der Waals surface area contributed by atoms with E-state index in [0.29, 0.717) is 6.54 Å². The molecular weight excluding hydrogens is 344 g/mol. The first-order chi connectivity index (χ1) is 12.6. The number of hydrogen-bond acceptors (Lipinski definition) is 3. The summed E-state index contributed by atoms with van der Waals surface area (Å²) in [7, 11) is 0. The van der Waals surface area contributed by atoms with Gasteiger partial charge in [-0.3, -0.25) is 9.59 Å². The summed E-state index contributed by atoms with van der Waals surface area (Å²) in [4.78, 5) is 29.2. The molecule has 0 unspecified atom stereocenters. The summed E-state index contributed by atoms with van der Waals surface area (Å²) in [5.41, 5.74) is 3.14. The fraction of sp³-hybridized carbons (Fsp3) is 0.429. The van der Waals surface area contributed by atoms with E-state index in [1.807, 2.05) is 44.2 Å². The van der Waals surface area contributed by atoms with Crippen molar-refractivity contribution >= 4 is 28.8 Å². The van der Waals surface area contributed by atoms with Gasteiger partial charge in [-0.15, -0.1) is 11.3 Å². The molecule has 0 fully saturated rings. The number of fused-ring (bicyclic) bond motifs is 1. The molecule has 0 bridgehead atoms. The predicted octanol–water partition coefficient (Wildman–Crippen LogP) is 4.43. The van der Waals surface area contributed by atoms with Crippen molar-refractivity contribution in [2.45, 2.75) is 46.0 Å². The molecule has 1 aliphatic carbocycles. The Hall–Kier alpha value is -2.14. The predicted molar refractivity (Wildman–Crippen MR) is 107 cm³/mol. The highest BCUT2D eigenvalue weighted by Crippen LogP contribution is 2.30. The van der Waals surface area contributed by atoms with Crippen LogP contribution >= 0.6 is 11.3 Å². The molecule has 4 nitrogen and oxygen atoms in total. The number of carbonyl (C=O) groups is 2. The molecule has 0 radical (unpaired) electrons. The Morgan fingerprint density at radius 3 is 2.69 bits per heavy atom. The van der Waals surface area contributed by atoms with Gasteiger partial charge in [0.05, 0.1) is 4.88 Å². The maximum atomic E-state index is 13.0. The van der Waals surface area contributed by atoms with E-state index in [9.17, 15) is 9.59 Å². The van der Waals surface area contributed by atoms with E-state index in [2.05, 4.69) is 5.32 Å². The minimum Gasteiger partial charge on any atom is -0.329 e. The number of para-hydroxylation sites is 1. The fourth-order valence-corrected chi connectivity index (χ4v) is 4.57. The van der Waals surface area contributed by atoms with Crippen molar-refractivity contribution < 1.29 is 9.59 Å². The number of thiophene rings is 1. The highest BCUT2D eigenvalue weighted by atomic mass is 32.1. The van der Waals surface area contributed by atoms with Gasteiger partial charge in [-0.25, -0.2) is 0 Å². The Morgan fingerprint density at radius 1 is 1.19 bits per heavy atom. The molecule has 1 N–H and O–H groups in total. The van der Waals surface area contributed by atoms with Gasteiger partial charge >= 0.3 is 0 Å². The van der Waals surface area contributed by atoms with E-state index in [0.717, 1.165) is 35.4 Å². The van der Waals surface area contributed by atoms with Crippen LogP contribution in [0.4, 0.5) is 5.69 Å². The van der Waals surface area contributed by atoms with E-state index < -0.39 is 0 Å². The second-order valence-corrected chi connectivity index (χ2v) is 7.99. The monoisotopic (exact) mass is 370 g/mol. The second-order valence-electron chi connectivity index (χ2n) is 6.86. The lowest BCUT2D eigenvalue weighted by Crippen LogP contribution is -2.38. The first kappa shape index (κ1) is 18.6. The zero-order valence-corrected chi connectivity index (χ0v) is 16.3. The quantitative estimate of drug-likeness (QED) is 0.818. The Bertz CT molecular complexity index is 774. The average Bonchev–Trinajstić information content (AvgIpc) is 3.07. The third-order valence-electron chi connectivity index (χ3n) is 4.74. The van der Waals surface area contributed by atoms with Crippen LogP contribution in [-0.2, 0) is 17.6 Å². The molecule has 1 aliphatic rings. The van der Waals surface area contributed by atoms with Gasteiger partial charge < -0.3 is 10.2 Å². The van der Waals surface area contributed by atoms with Gasteiger partial charge in [-0.1, -0.05) is 25.1 Å². The summed E-state index contributed by atoms with van der Waals surface area (Å²) < 4.78 is 0. The van der Waals surface area contributed by atoms with Crippen molar-refractivity contribution in [3.8, 4) is 0 Å². The molecule has 0 saturated carbocycles. The first-order valence-electron chi connectivity index (χ1n) is 9.35. The van der Waals surface area contributed by atoms with Gasteiger partial charge in [0, 0.05) is 17.1 Å². The summed E-state index contributed by atoms with van der Waals surface area (Å²) >= 11 is 1.61. The van der Waals surface area contributed by atoms with Gasteiger partial charge in [0.2, 0.25) is 5.91 Å². The van der Waals surface area contributed by atoms with Crippen LogP contribution in [0.1, 0.15) is 51.9 Å². The molecule has 1 aromatic carbocycles. The van der Waals surface area contributed by atoms with E-state index in [4.69, 9.17) is 0 Å². The first-order valence-corrected chi connectivity index (χ1v) is 10.2. The highest BCUT2D eigenvalue weighted by Gasteiger charge is 2.23. The van der Waals surface area contributed by atoms with Crippen LogP contribution in [0.5, 0.6) is 0 Å². The number of nitrogens with one attached hydrogen (secondary N) is 1. The van der Waals surface area contributed by atoms with Crippen LogP contribution in [0, 0.1) is 6.92 Å². The minimum absolute atomic E-state index is 0.0221. The third-order valence-corrected chi connectivity index (χ3v) is 5.97. The Labute approximate surface area is 159 Å². The molecule has 2 amide bonds. The summed E-state index contributed by atoms with van der Waals surface area (Å²) in [5.74, 6) is -0.173. The van der Waals surface area contributed by atoms with Crippen molar-refractivity contribution in [3.05, 3.63) is 51.2 Å². The number of nitrogens with zero attached hydrogens (tertiary/aromatic N) is 1. The normalized spacial score (nSPS) is 13.2. The summed E-state index contributed by atoms with van der Waals surface area (Å²) in [6.45, 7) is 4.66. The molecule has 0 spiro atoms. The van der Waals surface area contributed by atoms with Gasteiger partial charge in [-0.05, 0) is 62.3 Å². The number of benzene rings is 1. The van der Waals surface area contributed by atoms with Gasteiger partial charge in [0.15, 0.2) is 0 Å². The van der Waals surface area contributed by atoms with Crippen LogP contribution in [0.25, 0.3) is 0 Å². The van der Waals surface area contributed by atoms with Gasteiger partial charge in [-0.2, -0.15) is 0 Å². The Balaban J connectivity index is 1.70. The zero-order chi connectivity index (χ0) is 18.5. The maximum Gasteiger partial charge on any atom is 0.264 e. The molecule has 3 rings (SSSR count). The van der Waals surface area contributed by atoms with E-state index in [1.165, 1.54) is 23.3 Å². The Kier molecular flexibility index (Phi) is 6.09. The molecule has 5 heteroatoms. The molecular formula is C21H26N2O2S. The highest BCUT2D eigenvalue weighted by molar-refractivity contribution is 7.14. The van der Waals surface area contributed by atoms with Crippen molar-refractivity contribution in [1.29, 1.82) is 0 Å². The van der Waals surface area contributed by atoms with Crippen LogP contribution in [-0.4, -0.2) is 29.8 Å². The number of hydrogen-bond donors (Lipinski definition) is 1. The topological polar surface area (TPSA) is 49.4 Å². The van der Waals surface area contributed by atoms with Crippen LogP contribution < -0.4 is 5.32 Å².